The van der Waals surface area contributed by atoms with Gasteiger partial charge in [0, 0.05) is 21.4 Å². The summed E-state index contributed by atoms with van der Waals surface area (Å²) in [6.07, 6.45) is 3.55. The number of carbonyl (C=O) groups is 1. The molecule has 1 saturated carbocycles. The first-order valence-electron chi connectivity index (χ1n) is 14.9. The number of rotatable bonds is 12. The summed E-state index contributed by atoms with van der Waals surface area (Å²) in [5.74, 6) is -0.00896. The topological polar surface area (TPSA) is 70.4 Å². The fourth-order valence-electron chi connectivity index (χ4n) is 5.23. The second-order valence-electron chi connectivity index (χ2n) is 11.5. The van der Waals surface area contributed by atoms with Crippen molar-refractivity contribution in [2.45, 2.75) is 56.8 Å². The summed E-state index contributed by atoms with van der Waals surface area (Å²) in [6, 6.07) is 24.9. The van der Waals surface area contributed by atoms with Crippen LogP contribution < -0.4 is 0 Å². The van der Waals surface area contributed by atoms with Crippen LogP contribution in [0.15, 0.2) is 78.9 Å². The van der Waals surface area contributed by atoms with Crippen LogP contribution in [-0.4, -0.2) is 26.9 Å². The largest absolute Gasteiger partial charge is 0.481 e. The van der Waals surface area contributed by atoms with Crippen LogP contribution >= 0.6 is 23.4 Å². The summed E-state index contributed by atoms with van der Waals surface area (Å²) >= 11 is 7.93. The lowest BCUT2D eigenvalue weighted by Crippen LogP contribution is -2.18. The zero-order valence-electron chi connectivity index (χ0n) is 25.4. The van der Waals surface area contributed by atoms with Crippen molar-refractivity contribution in [2.24, 2.45) is 5.41 Å². The van der Waals surface area contributed by atoms with Gasteiger partial charge in [-0.2, -0.15) is 11.8 Å². The third kappa shape index (κ3) is 7.79. The second kappa shape index (κ2) is 12.4. The standard InChI is InChI=1S/C35H36ClNO3S/c1-34(2,40)30-9-4-3-7-25(30)13-17-32(41-23-35(18-19-35)22-33(38)39)27-8-5-6-24(20-27)10-15-29-16-12-26-11-14-28(36)21-31(26)37-29/h3-12,14-16,20-21,32,40H,13,17-19,22-23H2,1-2H3,(H,38,39)/b15-10+/t32-/m1/s1/i10D,15D. The molecule has 1 atom stereocenters. The number of hydrogen-bond donors (Lipinski definition) is 2. The summed E-state index contributed by atoms with van der Waals surface area (Å²) in [5.41, 5.74) is 3.61. The average Bonchev–Trinajstić information content (AvgIpc) is 3.74. The molecule has 0 aliphatic heterocycles. The first-order chi connectivity index (χ1) is 20.4. The lowest BCUT2D eigenvalue weighted by atomic mass is 9.90. The van der Waals surface area contributed by atoms with E-state index in [9.17, 15) is 15.0 Å². The van der Waals surface area contributed by atoms with E-state index in [2.05, 4.69) is 11.1 Å². The van der Waals surface area contributed by atoms with Gasteiger partial charge in [0.1, 0.15) is 0 Å². The zero-order chi connectivity index (χ0) is 30.8. The molecular formula is C35H36ClNO3S. The minimum Gasteiger partial charge on any atom is -0.481 e. The number of aliphatic hydroxyl groups is 1. The Hall–Kier alpha value is -3.12. The van der Waals surface area contributed by atoms with Crippen LogP contribution in [0.25, 0.3) is 23.0 Å². The molecule has 1 aliphatic carbocycles. The number of aromatic nitrogens is 1. The molecule has 6 heteroatoms. The molecule has 4 nitrogen and oxygen atoms in total. The van der Waals surface area contributed by atoms with Gasteiger partial charge in [-0.05, 0) is 91.5 Å². The molecule has 0 amide bonds. The Morgan fingerprint density at radius 2 is 1.88 bits per heavy atom. The number of pyridine rings is 1. The van der Waals surface area contributed by atoms with Gasteiger partial charge in [-0.25, -0.2) is 4.98 Å². The van der Waals surface area contributed by atoms with Crippen LogP contribution in [0.1, 0.15) is 75.5 Å². The maximum Gasteiger partial charge on any atom is 0.303 e. The van der Waals surface area contributed by atoms with E-state index in [4.69, 9.17) is 14.3 Å². The summed E-state index contributed by atoms with van der Waals surface area (Å²) < 4.78 is 17.7. The third-order valence-corrected chi connectivity index (χ3v) is 9.60. The normalized spacial score (nSPS) is 16.5. The third-order valence-electron chi connectivity index (χ3n) is 7.67. The van der Waals surface area contributed by atoms with Crippen molar-refractivity contribution >= 4 is 52.3 Å². The molecule has 0 saturated heterocycles. The van der Waals surface area contributed by atoms with Crippen molar-refractivity contribution < 1.29 is 17.7 Å². The van der Waals surface area contributed by atoms with Crippen molar-refractivity contribution in [3.8, 4) is 0 Å². The number of carboxylic acid groups (broad SMARTS) is 1. The molecule has 1 fully saturated rings. The number of halogens is 1. The first kappa shape index (κ1) is 26.8. The van der Waals surface area contributed by atoms with Gasteiger partial charge in [0.2, 0.25) is 0 Å². The number of carboxylic acids is 1. The van der Waals surface area contributed by atoms with Gasteiger partial charge in [0.25, 0.3) is 0 Å². The maximum atomic E-state index is 11.5. The van der Waals surface area contributed by atoms with Crippen LogP contribution in [-0.2, 0) is 16.8 Å². The molecule has 212 valence electrons. The minimum atomic E-state index is -0.962. The highest BCUT2D eigenvalue weighted by Gasteiger charge is 2.44. The fourth-order valence-corrected chi connectivity index (χ4v) is 6.96. The Labute approximate surface area is 254 Å². The fraction of sp³-hybridized carbons (Fsp3) is 0.314. The highest BCUT2D eigenvalue weighted by molar-refractivity contribution is 7.99. The van der Waals surface area contributed by atoms with Crippen LogP contribution in [0.4, 0.5) is 0 Å². The van der Waals surface area contributed by atoms with E-state index in [-0.39, 0.29) is 29.2 Å². The van der Waals surface area contributed by atoms with Crippen LogP contribution in [0.2, 0.25) is 5.02 Å². The molecule has 3 aromatic carbocycles. The van der Waals surface area contributed by atoms with E-state index in [0.29, 0.717) is 21.8 Å². The molecule has 0 radical (unpaired) electrons. The van der Waals surface area contributed by atoms with Crippen LogP contribution in [0.3, 0.4) is 0 Å². The quantitative estimate of drug-likeness (QED) is 0.173. The average molecular weight is 588 g/mol. The zero-order valence-corrected chi connectivity index (χ0v) is 24.9. The summed E-state index contributed by atoms with van der Waals surface area (Å²) in [6.45, 7) is 3.59. The maximum absolute atomic E-state index is 11.5. The van der Waals surface area contributed by atoms with Crippen molar-refractivity contribution in [1.82, 2.24) is 4.98 Å². The van der Waals surface area contributed by atoms with Crippen LogP contribution in [0, 0.1) is 5.41 Å². The summed E-state index contributed by atoms with van der Waals surface area (Å²) in [4.78, 5) is 16.1. The number of aliphatic carboxylic acids is 1. The molecule has 2 N–H and O–H groups in total. The molecule has 41 heavy (non-hydrogen) atoms. The highest BCUT2D eigenvalue weighted by atomic mass is 35.5. The van der Waals surface area contributed by atoms with Gasteiger partial charge in [-0.15, -0.1) is 0 Å². The van der Waals surface area contributed by atoms with Crippen molar-refractivity contribution in [1.29, 1.82) is 0 Å². The molecule has 4 aromatic rings. The molecule has 0 bridgehead atoms. The predicted molar refractivity (Wildman–Crippen MR) is 171 cm³/mol. The Morgan fingerprint density at radius 3 is 2.63 bits per heavy atom. The second-order valence-corrected chi connectivity index (χ2v) is 13.2. The smallest absolute Gasteiger partial charge is 0.303 e. The van der Waals surface area contributed by atoms with E-state index in [1.807, 2.05) is 54.6 Å². The van der Waals surface area contributed by atoms with Gasteiger partial charge in [-0.1, -0.05) is 78.3 Å². The number of nitrogens with zero attached hydrogens (tertiary/aromatic N) is 1. The van der Waals surface area contributed by atoms with E-state index in [1.165, 1.54) is 0 Å². The molecule has 1 aromatic heterocycles. The van der Waals surface area contributed by atoms with Gasteiger partial charge in [0.15, 0.2) is 0 Å². The summed E-state index contributed by atoms with van der Waals surface area (Å²) in [5, 5.41) is 21.7. The Bertz CT molecular complexity index is 1680. The number of benzene rings is 3. The molecule has 0 spiro atoms. The van der Waals surface area contributed by atoms with E-state index >= 15 is 0 Å². The molecule has 5 rings (SSSR count). The highest BCUT2D eigenvalue weighted by Crippen LogP contribution is 2.53. The van der Waals surface area contributed by atoms with Gasteiger partial charge in [0.05, 0.1) is 26.0 Å². The molecular weight excluding hydrogens is 550 g/mol. The van der Waals surface area contributed by atoms with Crippen molar-refractivity contribution in [3.05, 3.63) is 112 Å². The van der Waals surface area contributed by atoms with Crippen molar-refractivity contribution in [2.75, 3.05) is 5.75 Å². The first-order valence-corrected chi connectivity index (χ1v) is 15.4. The van der Waals surface area contributed by atoms with Gasteiger partial charge >= 0.3 is 5.97 Å². The van der Waals surface area contributed by atoms with Gasteiger partial charge < -0.3 is 10.2 Å². The van der Waals surface area contributed by atoms with Gasteiger partial charge in [-0.3, -0.25) is 4.79 Å². The van der Waals surface area contributed by atoms with Crippen molar-refractivity contribution in [3.63, 3.8) is 0 Å². The molecule has 1 heterocycles. The number of thioether (sulfide) groups is 1. The molecule has 0 unspecified atom stereocenters. The SMILES string of the molecule is [2H]/C(=C(/[2H])c1ccc2ccc(Cl)cc2n1)c1cccc([C@@H](CCc2ccccc2C(C)(C)O)SCC2(CC(=O)O)CC2)c1. The van der Waals surface area contributed by atoms with E-state index in [0.717, 1.165) is 53.5 Å². The number of aryl methyl sites for hydroxylation is 1. The van der Waals surface area contributed by atoms with E-state index < -0.39 is 11.6 Å². The minimum absolute atomic E-state index is 0.0284. The predicted octanol–water partition coefficient (Wildman–Crippen LogP) is 8.95. The number of hydrogen-bond acceptors (Lipinski definition) is 4. The van der Waals surface area contributed by atoms with Crippen LogP contribution in [0.5, 0.6) is 0 Å². The Balaban J connectivity index is 1.44. The Morgan fingerprint density at radius 1 is 1.10 bits per heavy atom. The lowest BCUT2D eigenvalue weighted by Gasteiger charge is -2.24. The Kier molecular flexibility index (Phi) is 8.09. The monoisotopic (exact) mass is 587 g/mol. The molecule has 1 aliphatic rings. The number of fused-ring (bicyclic) bond motifs is 1. The summed E-state index contributed by atoms with van der Waals surface area (Å²) in [7, 11) is 0. The lowest BCUT2D eigenvalue weighted by molar-refractivity contribution is -0.138. The van der Waals surface area contributed by atoms with E-state index in [1.54, 1.807) is 43.8 Å².